The summed E-state index contributed by atoms with van der Waals surface area (Å²) < 4.78 is 7.42. The maximum absolute atomic E-state index is 11.9. The van der Waals surface area contributed by atoms with E-state index in [1.54, 1.807) is 31.5 Å². The van der Waals surface area contributed by atoms with Crippen molar-refractivity contribution >= 4 is 40.3 Å². The molecular formula is C27H24N6O4S. The van der Waals surface area contributed by atoms with E-state index in [9.17, 15) is 14.9 Å². The number of ether oxygens (including phenoxy) is 1. The maximum Gasteiger partial charge on any atom is 0.269 e. The molecule has 2 aromatic carbocycles. The molecule has 1 aliphatic heterocycles. The summed E-state index contributed by atoms with van der Waals surface area (Å²) in [5, 5.41) is 17.9. The standard InChI is InChI=1S/C27H24N6O4S/c1-17(34)29-22-16-20(12-13-24(22)37-2)32-26(25(30-27(32)38)21-6-3-4-14-28-21)23-7-5-15-31(23)18-8-10-19(11-9-18)33(35)36/h3-16,25-26H,1-2H3,(H,29,34)(H,30,38)/t25-,26-/m0/s1. The zero-order valence-corrected chi connectivity index (χ0v) is 21.4. The Morgan fingerprint density at radius 1 is 1.11 bits per heavy atom. The molecule has 0 unspecified atom stereocenters. The second kappa shape index (κ2) is 10.3. The monoisotopic (exact) mass is 528 g/mol. The highest BCUT2D eigenvalue weighted by molar-refractivity contribution is 7.80. The number of aromatic nitrogens is 2. The van der Waals surface area contributed by atoms with Crippen molar-refractivity contribution in [3.63, 3.8) is 0 Å². The minimum absolute atomic E-state index is 0.0166. The quantitative estimate of drug-likeness (QED) is 0.197. The molecule has 2 aromatic heterocycles. The number of rotatable bonds is 7. The molecule has 10 nitrogen and oxygen atoms in total. The normalized spacial score (nSPS) is 16.7. The number of hydrogen-bond acceptors (Lipinski definition) is 6. The Kier molecular flexibility index (Phi) is 6.75. The third-order valence-electron chi connectivity index (χ3n) is 6.29. The van der Waals surface area contributed by atoms with E-state index in [4.69, 9.17) is 17.0 Å². The number of nitrogens with zero attached hydrogens (tertiary/aromatic N) is 4. The van der Waals surface area contributed by atoms with Crippen LogP contribution in [0.2, 0.25) is 0 Å². The highest BCUT2D eigenvalue weighted by Crippen LogP contribution is 2.43. The molecule has 1 saturated heterocycles. The van der Waals surface area contributed by atoms with Crippen LogP contribution < -0.4 is 20.3 Å². The Balaban J connectivity index is 1.64. The van der Waals surface area contributed by atoms with Crippen molar-refractivity contribution < 1.29 is 14.5 Å². The van der Waals surface area contributed by atoms with Crippen LogP contribution in [0.5, 0.6) is 5.75 Å². The predicted molar refractivity (Wildman–Crippen MR) is 148 cm³/mol. The molecule has 0 saturated carbocycles. The van der Waals surface area contributed by atoms with E-state index < -0.39 is 4.92 Å². The summed E-state index contributed by atoms with van der Waals surface area (Å²) in [6, 6.07) is 20.8. The van der Waals surface area contributed by atoms with Crippen molar-refractivity contribution in [2.24, 2.45) is 0 Å². The molecule has 2 atom stereocenters. The first kappa shape index (κ1) is 24.9. The van der Waals surface area contributed by atoms with Crippen LogP contribution in [0.1, 0.15) is 30.4 Å². The van der Waals surface area contributed by atoms with Crippen LogP contribution >= 0.6 is 12.2 Å². The van der Waals surface area contributed by atoms with Gasteiger partial charge in [0.1, 0.15) is 11.8 Å². The molecule has 1 fully saturated rings. The minimum Gasteiger partial charge on any atom is -0.495 e. The number of anilines is 2. The number of amides is 1. The van der Waals surface area contributed by atoms with Crippen LogP contribution in [0.3, 0.4) is 0 Å². The Hall–Kier alpha value is -4.77. The zero-order chi connectivity index (χ0) is 26.8. The number of carbonyl (C=O) groups is 1. The lowest BCUT2D eigenvalue weighted by Gasteiger charge is -2.29. The molecule has 5 rings (SSSR count). The Morgan fingerprint density at radius 3 is 2.53 bits per heavy atom. The van der Waals surface area contributed by atoms with Crippen LogP contribution in [-0.2, 0) is 4.79 Å². The molecular weight excluding hydrogens is 504 g/mol. The summed E-state index contributed by atoms with van der Waals surface area (Å²) in [5.41, 5.74) is 3.73. The number of carbonyl (C=O) groups excluding carboxylic acids is 1. The van der Waals surface area contributed by atoms with E-state index >= 15 is 0 Å². The van der Waals surface area contributed by atoms with Gasteiger partial charge < -0.3 is 24.8 Å². The fourth-order valence-electron chi connectivity index (χ4n) is 4.67. The average molecular weight is 529 g/mol. The van der Waals surface area contributed by atoms with Crippen LogP contribution in [0.4, 0.5) is 17.1 Å². The lowest BCUT2D eigenvalue weighted by molar-refractivity contribution is -0.384. The van der Waals surface area contributed by atoms with Gasteiger partial charge in [0.15, 0.2) is 5.11 Å². The van der Waals surface area contributed by atoms with Crippen molar-refractivity contribution in [3.05, 3.63) is 107 Å². The molecule has 3 heterocycles. The number of nitro benzene ring substituents is 1. The van der Waals surface area contributed by atoms with Gasteiger partial charge in [0.2, 0.25) is 5.91 Å². The summed E-state index contributed by atoms with van der Waals surface area (Å²) in [6.07, 6.45) is 3.64. The van der Waals surface area contributed by atoms with E-state index in [1.807, 2.05) is 58.1 Å². The van der Waals surface area contributed by atoms with Crippen LogP contribution in [0.25, 0.3) is 5.69 Å². The SMILES string of the molecule is COc1ccc(N2C(=S)N[C@@H](c3ccccn3)[C@@H]2c2cccn2-c2ccc([N+](=O)[O-])cc2)cc1NC(C)=O. The molecule has 0 bridgehead atoms. The number of non-ortho nitro benzene ring substituents is 1. The second-order valence-corrected chi connectivity index (χ2v) is 9.03. The molecule has 2 N–H and O–H groups in total. The van der Waals surface area contributed by atoms with Gasteiger partial charge in [-0.05, 0) is 66.8 Å². The van der Waals surface area contributed by atoms with Crippen molar-refractivity contribution in [2.75, 3.05) is 17.3 Å². The number of nitro groups is 1. The van der Waals surface area contributed by atoms with Crippen molar-refractivity contribution in [1.82, 2.24) is 14.9 Å². The number of hydrogen-bond donors (Lipinski definition) is 2. The molecule has 0 spiro atoms. The van der Waals surface area contributed by atoms with Gasteiger partial charge in [0.25, 0.3) is 5.69 Å². The van der Waals surface area contributed by atoms with Crippen LogP contribution in [0.15, 0.2) is 85.2 Å². The van der Waals surface area contributed by atoms with Gasteiger partial charge in [0.05, 0.1) is 29.5 Å². The van der Waals surface area contributed by atoms with E-state index in [-0.39, 0.29) is 23.7 Å². The van der Waals surface area contributed by atoms with Crippen molar-refractivity contribution in [3.8, 4) is 11.4 Å². The molecule has 38 heavy (non-hydrogen) atoms. The largest absolute Gasteiger partial charge is 0.495 e. The third kappa shape index (κ3) is 4.66. The zero-order valence-electron chi connectivity index (χ0n) is 20.6. The topological polar surface area (TPSA) is 115 Å². The van der Waals surface area contributed by atoms with Gasteiger partial charge in [-0.2, -0.15) is 0 Å². The fourth-order valence-corrected chi connectivity index (χ4v) is 5.02. The van der Waals surface area contributed by atoms with Crippen molar-refractivity contribution in [2.45, 2.75) is 19.0 Å². The number of pyridine rings is 1. The second-order valence-electron chi connectivity index (χ2n) is 8.64. The van der Waals surface area contributed by atoms with Gasteiger partial charge in [-0.25, -0.2) is 0 Å². The molecule has 0 radical (unpaired) electrons. The minimum atomic E-state index is -0.422. The lowest BCUT2D eigenvalue weighted by atomic mass is 10.0. The van der Waals surface area contributed by atoms with Gasteiger partial charge in [-0.3, -0.25) is 19.9 Å². The lowest BCUT2D eigenvalue weighted by Crippen LogP contribution is -2.30. The summed E-state index contributed by atoms with van der Waals surface area (Å²) in [4.78, 5) is 29.2. The Bertz CT molecular complexity index is 1510. The molecule has 0 aliphatic carbocycles. The average Bonchev–Trinajstić information content (AvgIpc) is 3.53. The van der Waals surface area contributed by atoms with E-state index in [0.29, 0.717) is 16.5 Å². The van der Waals surface area contributed by atoms with E-state index in [2.05, 4.69) is 15.6 Å². The first-order valence-electron chi connectivity index (χ1n) is 11.8. The first-order valence-corrected chi connectivity index (χ1v) is 12.2. The Morgan fingerprint density at radius 2 is 1.87 bits per heavy atom. The van der Waals surface area contributed by atoms with E-state index in [1.165, 1.54) is 19.1 Å². The predicted octanol–water partition coefficient (Wildman–Crippen LogP) is 4.92. The highest BCUT2D eigenvalue weighted by atomic mass is 32.1. The summed E-state index contributed by atoms with van der Waals surface area (Å²) in [5.74, 6) is 0.298. The number of benzene rings is 2. The smallest absolute Gasteiger partial charge is 0.269 e. The van der Waals surface area contributed by atoms with Crippen molar-refractivity contribution in [1.29, 1.82) is 0 Å². The number of methoxy groups -OCH3 is 1. The number of nitrogens with one attached hydrogen (secondary N) is 2. The van der Waals surface area contributed by atoms with Gasteiger partial charge in [-0.15, -0.1) is 0 Å². The number of thiocarbonyl (C=S) groups is 1. The maximum atomic E-state index is 11.9. The molecule has 4 aromatic rings. The van der Waals surface area contributed by atoms with Gasteiger partial charge >= 0.3 is 0 Å². The summed E-state index contributed by atoms with van der Waals surface area (Å²) in [7, 11) is 1.54. The first-order chi connectivity index (χ1) is 18.4. The van der Waals surface area contributed by atoms with Gasteiger partial charge in [-0.1, -0.05) is 6.07 Å². The summed E-state index contributed by atoms with van der Waals surface area (Å²) >= 11 is 5.83. The molecule has 11 heteroatoms. The van der Waals surface area contributed by atoms with Crippen LogP contribution in [0, 0.1) is 10.1 Å². The molecule has 192 valence electrons. The third-order valence-corrected chi connectivity index (χ3v) is 6.61. The summed E-state index contributed by atoms with van der Waals surface area (Å²) in [6.45, 7) is 1.44. The molecule has 1 amide bonds. The fraction of sp³-hybridized carbons (Fsp3) is 0.148. The molecule has 1 aliphatic rings. The highest BCUT2D eigenvalue weighted by Gasteiger charge is 2.42. The van der Waals surface area contributed by atoms with Gasteiger partial charge in [0, 0.05) is 48.5 Å². The Labute approximate surface area is 224 Å². The van der Waals surface area contributed by atoms with Crippen LogP contribution in [-0.4, -0.2) is 32.6 Å². The van der Waals surface area contributed by atoms with E-state index in [0.717, 1.165) is 22.8 Å².